The number of methoxy groups -OCH3 is 1. The molecule has 0 aliphatic carbocycles. The van der Waals surface area contributed by atoms with E-state index >= 15 is 0 Å². The summed E-state index contributed by atoms with van der Waals surface area (Å²) in [6.07, 6.45) is 3.82. The molecule has 1 amide bonds. The Morgan fingerprint density at radius 2 is 2.11 bits per heavy atom. The highest BCUT2D eigenvalue weighted by Gasteiger charge is 2.17. The Hall–Kier alpha value is -3.19. The lowest BCUT2D eigenvalue weighted by atomic mass is 10.2. The molecule has 0 aliphatic heterocycles. The zero-order chi connectivity index (χ0) is 18.8. The fourth-order valence-electron chi connectivity index (χ4n) is 2.97. The monoisotopic (exact) mass is 378 g/mol. The largest absolute Gasteiger partial charge is 0.495 e. The number of pyridine rings is 1. The number of hydrogen-bond acceptors (Lipinski definition) is 5. The summed E-state index contributed by atoms with van der Waals surface area (Å²) in [5.41, 5.74) is 2.90. The molecule has 0 atom stereocenters. The predicted molar refractivity (Wildman–Crippen MR) is 107 cm³/mol. The van der Waals surface area contributed by atoms with Crippen LogP contribution >= 0.6 is 11.3 Å². The molecular weight excluding hydrogens is 360 g/mol. The highest BCUT2D eigenvalue weighted by molar-refractivity contribution is 7.13. The number of aryl methyl sites for hydroxylation is 1. The SMILES string of the molecule is CCn1cc(-c2nc(C(=O)Nc3ccccc3OC)cs2)c2cccnc21. The average Bonchev–Trinajstić information content (AvgIpc) is 3.33. The van der Waals surface area contributed by atoms with E-state index in [1.165, 1.54) is 11.3 Å². The lowest BCUT2D eigenvalue weighted by Gasteiger charge is -2.08. The van der Waals surface area contributed by atoms with Gasteiger partial charge in [0.1, 0.15) is 22.1 Å². The van der Waals surface area contributed by atoms with Crippen LogP contribution in [0.4, 0.5) is 5.69 Å². The molecule has 3 aromatic heterocycles. The van der Waals surface area contributed by atoms with Crippen molar-refractivity contribution in [3.05, 3.63) is 59.9 Å². The minimum absolute atomic E-state index is 0.264. The molecule has 0 bridgehead atoms. The van der Waals surface area contributed by atoms with Gasteiger partial charge in [0.2, 0.25) is 0 Å². The number of hydrogen-bond donors (Lipinski definition) is 1. The molecule has 27 heavy (non-hydrogen) atoms. The first-order valence-corrected chi connectivity index (χ1v) is 9.43. The number of anilines is 1. The van der Waals surface area contributed by atoms with Crippen LogP contribution in [0.1, 0.15) is 17.4 Å². The third-order valence-electron chi connectivity index (χ3n) is 4.30. The molecular formula is C20H18N4O2S. The molecule has 6 nitrogen and oxygen atoms in total. The molecule has 1 aromatic carbocycles. The van der Waals surface area contributed by atoms with E-state index in [4.69, 9.17) is 4.74 Å². The summed E-state index contributed by atoms with van der Waals surface area (Å²) in [6, 6.07) is 11.2. The number of thiazole rings is 1. The number of ether oxygens (including phenoxy) is 1. The maximum absolute atomic E-state index is 12.6. The van der Waals surface area contributed by atoms with Crippen LogP contribution in [0.2, 0.25) is 0 Å². The first-order valence-electron chi connectivity index (χ1n) is 8.55. The van der Waals surface area contributed by atoms with Crippen LogP contribution in [-0.2, 0) is 6.54 Å². The van der Waals surface area contributed by atoms with Crippen LogP contribution in [0.3, 0.4) is 0 Å². The summed E-state index contributed by atoms with van der Waals surface area (Å²) < 4.78 is 7.36. The van der Waals surface area contributed by atoms with Crippen molar-refractivity contribution < 1.29 is 9.53 Å². The summed E-state index contributed by atoms with van der Waals surface area (Å²) in [6.45, 7) is 2.89. The van der Waals surface area contributed by atoms with E-state index < -0.39 is 0 Å². The van der Waals surface area contributed by atoms with Crippen LogP contribution in [0.25, 0.3) is 21.6 Å². The average molecular weight is 378 g/mol. The minimum Gasteiger partial charge on any atom is -0.495 e. The van der Waals surface area contributed by atoms with Gasteiger partial charge >= 0.3 is 0 Å². The molecule has 7 heteroatoms. The van der Waals surface area contributed by atoms with Crippen molar-refractivity contribution in [3.8, 4) is 16.3 Å². The van der Waals surface area contributed by atoms with E-state index in [-0.39, 0.29) is 5.91 Å². The van der Waals surface area contributed by atoms with Crippen molar-refractivity contribution in [2.75, 3.05) is 12.4 Å². The number of carbonyl (C=O) groups excluding carboxylic acids is 1. The van der Waals surface area contributed by atoms with Crippen molar-refractivity contribution in [1.29, 1.82) is 0 Å². The number of rotatable bonds is 5. The Labute approximate surface area is 160 Å². The quantitative estimate of drug-likeness (QED) is 0.557. The summed E-state index contributed by atoms with van der Waals surface area (Å²) in [7, 11) is 1.57. The second kappa shape index (κ2) is 7.20. The Kier molecular flexibility index (Phi) is 4.60. The van der Waals surface area contributed by atoms with E-state index in [2.05, 4.69) is 26.8 Å². The highest BCUT2D eigenvalue weighted by atomic mass is 32.1. The summed E-state index contributed by atoms with van der Waals surface area (Å²) >= 11 is 1.45. The van der Waals surface area contributed by atoms with Crippen LogP contribution in [0, 0.1) is 0 Å². The van der Waals surface area contributed by atoms with Crippen molar-refractivity contribution in [2.45, 2.75) is 13.5 Å². The number of nitrogens with zero attached hydrogens (tertiary/aromatic N) is 3. The molecule has 0 radical (unpaired) electrons. The third-order valence-corrected chi connectivity index (χ3v) is 5.17. The van der Waals surface area contributed by atoms with Gasteiger partial charge < -0.3 is 14.6 Å². The summed E-state index contributed by atoms with van der Waals surface area (Å²) in [4.78, 5) is 21.6. The van der Waals surface area contributed by atoms with Crippen molar-refractivity contribution in [3.63, 3.8) is 0 Å². The Morgan fingerprint density at radius 1 is 1.26 bits per heavy atom. The second-order valence-corrected chi connectivity index (χ2v) is 6.75. The molecule has 1 N–H and O–H groups in total. The van der Waals surface area contributed by atoms with Gasteiger partial charge in [-0.05, 0) is 31.2 Å². The normalized spacial score (nSPS) is 10.9. The third kappa shape index (κ3) is 3.17. The number of para-hydroxylation sites is 2. The van der Waals surface area contributed by atoms with Crippen LogP contribution in [0.5, 0.6) is 5.75 Å². The highest BCUT2D eigenvalue weighted by Crippen LogP contribution is 2.32. The number of fused-ring (bicyclic) bond motifs is 1. The van der Waals surface area contributed by atoms with Gasteiger partial charge in [0.25, 0.3) is 5.91 Å². The minimum atomic E-state index is -0.264. The van der Waals surface area contributed by atoms with Gasteiger partial charge in [-0.2, -0.15) is 0 Å². The number of aromatic nitrogens is 3. The first kappa shape index (κ1) is 17.2. The zero-order valence-corrected chi connectivity index (χ0v) is 15.8. The topological polar surface area (TPSA) is 69.0 Å². The van der Waals surface area contributed by atoms with Gasteiger partial charge in [0.15, 0.2) is 0 Å². The first-order chi connectivity index (χ1) is 13.2. The molecule has 4 rings (SSSR count). The number of carbonyl (C=O) groups is 1. The molecule has 0 saturated heterocycles. The van der Waals surface area contributed by atoms with Crippen molar-refractivity contribution in [1.82, 2.24) is 14.5 Å². The Bertz CT molecular complexity index is 1120. The van der Waals surface area contributed by atoms with Gasteiger partial charge in [-0.3, -0.25) is 4.79 Å². The van der Waals surface area contributed by atoms with E-state index in [1.54, 1.807) is 30.8 Å². The Morgan fingerprint density at radius 3 is 2.93 bits per heavy atom. The van der Waals surface area contributed by atoms with Crippen LogP contribution in [0.15, 0.2) is 54.2 Å². The lowest BCUT2D eigenvalue weighted by molar-refractivity contribution is 0.102. The van der Waals surface area contributed by atoms with Gasteiger partial charge in [0.05, 0.1) is 12.8 Å². The maximum atomic E-state index is 12.6. The van der Waals surface area contributed by atoms with E-state index in [0.29, 0.717) is 17.1 Å². The van der Waals surface area contributed by atoms with E-state index in [0.717, 1.165) is 28.1 Å². The standard InChI is InChI=1S/C20H18N4O2S/c1-3-24-11-14(13-7-6-10-21-18(13)24)20-23-16(12-27-20)19(25)22-15-8-4-5-9-17(15)26-2/h4-12H,3H2,1-2H3,(H,22,25). The molecule has 0 saturated carbocycles. The second-order valence-electron chi connectivity index (χ2n) is 5.90. The van der Waals surface area contributed by atoms with Gasteiger partial charge in [-0.15, -0.1) is 11.3 Å². The fraction of sp³-hybridized carbons (Fsp3) is 0.150. The number of benzene rings is 1. The Balaban J connectivity index is 1.65. The molecule has 0 unspecified atom stereocenters. The molecule has 136 valence electrons. The number of nitrogens with one attached hydrogen (secondary N) is 1. The van der Waals surface area contributed by atoms with Crippen LogP contribution < -0.4 is 10.1 Å². The molecule has 0 fully saturated rings. The summed E-state index contributed by atoms with van der Waals surface area (Å²) in [5, 5.41) is 6.46. The predicted octanol–water partition coefficient (Wildman–Crippen LogP) is 4.44. The van der Waals surface area contributed by atoms with Crippen molar-refractivity contribution in [2.24, 2.45) is 0 Å². The van der Waals surface area contributed by atoms with Gasteiger partial charge in [-0.25, -0.2) is 9.97 Å². The van der Waals surface area contributed by atoms with Crippen LogP contribution in [-0.4, -0.2) is 27.6 Å². The van der Waals surface area contributed by atoms with Gasteiger partial charge in [0, 0.05) is 35.3 Å². The van der Waals surface area contributed by atoms with Crippen molar-refractivity contribution >= 4 is 34.0 Å². The fourth-order valence-corrected chi connectivity index (χ4v) is 3.79. The van der Waals surface area contributed by atoms with Gasteiger partial charge in [-0.1, -0.05) is 12.1 Å². The molecule has 3 heterocycles. The molecule has 0 spiro atoms. The zero-order valence-electron chi connectivity index (χ0n) is 15.0. The van der Waals surface area contributed by atoms with E-state index in [1.807, 2.05) is 30.5 Å². The number of amides is 1. The smallest absolute Gasteiger partial charge is 0.275 e. The molecule has 4 aromatic rings. The lowest BCUT2D eigenvalue weighted by Crippen LogP contribution is -2.13. The van der Waals surface area contributed by atoms with E-state index in [9.17, 15) is 4.79 Å². The maximum Gasteiger partial charge on any atom is 0.275 e. The molecule has 0 aliphatic rings. The summed E-state index contributed by atoms with van der Waals surface area (Å²) in [5.74, 6) is 0.345.